The van der Waals surface area contributed by atoms with Gasteiger partial charge in [0.25, 0.3) is 5.56 Å². The Morgan fingerprint density at radius 1 is 1.14 bits per heavy atom. The van der Waals surface area contributed by atoms with Crippen LogP contribution in [-0.4, -0.2) is 35.1 Å². The first-order valence-electron chi connectivity index (χ1n) is 7.71. The fraction of sp³-hybridized carbons (Fsp3) is 0.471. The molecule has 2 N–H and O–H groups in total. The van der Waals surface area contributed by atoms with Crippen molar-refractivity contribution < 1.29 is 0 Å². The summed E-state index contributed by atoms with van der Waals surface area (Å²) in [6.45, 7) is 5.81. The highest BCUT2D eigenvalue weighted by Gasteiger charge is 2.15. The lowest BCUT2D eigenvalue weighted by atomic mass is 10.1. The summed E-state index contributed by atoms with van der Waals surface area (Å²) in [5.41, 5.74) is 8.25. The van der Waals surface area contributed by atoms with Crippen molar-refractivity contribution in [3.63, 3.8) is 0 Å². The van der Waals surface area contributed by atoms with E-state index < -0.39 is 0 Å². The van der Waals surface area contributed by atoms with Gasteiger partial charge in [-0.1, -0.05) is 12.1 Å². The van der Waals surface area contributed by atoms with Crippen LogP contribution in [0.4, 0.5) is 0 Å². The number of pyridine rings is 1. The second-order valence-corrected chi connectivity index (χ2v) is 6.06. The number of rotatable bonds is 3. The molecule has 0 bridgehead atoms. The number of piperidine rings is 1. The minimum absolute atomic E-state index is 0.0850. The Morgan fingerprint density at radius 2 is 1.86 bits per heavy atom. The Kier molecular flexibility index (Phi) is 4.08. The van der Waals surface area contributed by atoms with Crippen molar-refractivity contribution in [3.8, 4) is 0 Å². The van der Waals surface area contributed by atoms with Crippen LogP contribution in [0.2, 0.25) is 0 Å². The lowest BCUT2D eigenvalue weighted by Gasteiger charge is -2.30. The molecule has 21 heavy (non-hydrogen) atoms. The molecule has 4 nitrogen and oxygen atoms in total. The smallest absolute Gasteiger partial charge is 0.251 e. The van der Waals surface area contributed by atoms with Crippen LogP contribution in [0.5, 0.6) is 0 Å². The molecule has 2 aromatic rings. The van der Waals surface area contributed by atoms with E-state index in [2.05, 4.69) is 30.0 Å². The second kappa shape index (κ2) is 6.00. The molecule has 1 saturated heterocycles. The van der Waals surface area contributed by atoms with Gasteiger partial charge in [-0.2, -0.15) is 0 Å². The van der Waals surface area contributed by atoms with Crippen LogP contribution in [-0.2, 0) is 6.54 Å². The van der Waals surface area contributed by atoms with Gasteiger partial charge in [-0.05, 0) is 55.9 Å². The van der Waals surface area contributed by atoms with E-state index in [9.17, 15) is 4.79 Å². The molecule has 0 amide bonds. The molecular weight excluding hydrogens is 262 g/mol. The third-order valence-corrected chi connectivity index (χ3v) is 4.42. The maximum absolute atomic E-state index is 12.2. The number of aryl methyl sites for hydroxylation is 1. The molecule has 1 aromatic heterocycles. The highest BCUT2D eigenvalue weighted by molar-refractivity contribution is 5.79. The van der Waals surface area contributed by atoms with Crippen molar-refractivity contribution in [2.24, 2.45) is 5.73 Å². The minimum Gasteiger partial charge on any atom is -0.328 e. The number of nitrogens with zero attached hydrogens (tertiary/aromatic N) is 2. The van der Waals surface area contributed by atoms with Crippen LogP contribution in [0.1, 0.15) is 18.4 Å². The zero-order valence-corrected chi connectivity index (χ0v) is 12.6. The molecule has 1 fully saturated rings. The quantitative estimate of drug-likeness (QED) is 0.934. The summed E-state index contributed by atoms with van der Waals surface area (Å²) in [7, 11) is 0. The molecule has 1 aromatic carbocycles. The van der Waals surface area contributed by atoms with Crippen LogP contribution in [0.15, 0.2) is 35.1 Å². The van der Waals surface area contributed by atoms with Crippen LogP contribution < -0.4 is 11.3 Å². The minimum atomic E-state index is 0.0850. The topological polar surface area (TPSA) is 51.3 Å². The average molecular weight is 285 g/mol. The van der Waals surface area contributed by atoms with E-state index >= 15 is 0 Å². The van der Waals surface area contributed by atoms with Crippen molar-refractivity contribution in [2.75, 3.05) is 19.6 Å². The predicted octanol–water partition coefficient (Wildman–Crippen LogP) is 1.73. The highest BCUT2D eigenvalue weighted by atomic mass is 16.1. The van der Waals surface area contributed by atoms with Gasteiger partial charge in [0.05, 0.1) is 5.52 Å². The van der Waals surface area contributed by atoms with Crippen LogP contribution in [0, 0.1) is 6.92 Å². The summed E-state index contributed by atoms with van der Waals surface area (Å²) in [6.07, 6.45) is 2.12. The molecule has 112 valence electrons. The number of benzene rings is 1. The fourth-order valence-corrected chi connectivity index (χ4v) is 3.05. The van der Waals surface area contributed by atoms with Crippen LogP contribution in [0.3, 0.4) is 0 Å². The lowest BCUT2D eigenvalue weighted by Crippen LogP contribution is -2.41. The molecule has 0 saturated carbocycles. The van der Waals surface area contributed by atoms with Gasteiger partial charge in [-0.25, -0.2) is 0 Å². The molecule has 0 unspecified atom stereocenters. The number of nitrogens with two attached hydrogens (primary N) is 1. The number of hydrogen-bond donors (Lipinski definition) is 1. The summed E-state index contributed by atoms with van der Waals surface area (Å²) < 4.78 is 1.90. The van der Waals surface area contributed by atoms with E-state index in [1.165, 1.54) is 5.56 Å². The maximum Gasteiger partial charge on any atom is 0.251 e. The van der Waals surface area contributed by atoms with E-state index in [1.54, 1.807) is 6.07 Å². The summed E-state index contributed by atoms with van der Waals surface area (Å²) in [5, 5.41) is 1.13. The molecule has 1 aliphatic heterocycles. The van der Waals surface area contributed by atoms with E-state index in [0.717, 1.165) is 49.9 Å². The predicted molar refractivity (Wildman–Crippen MR) is 86.6 cm³/mol. The van der Waals surface area contributed by atoms with E-state index in [1.807, 2.05) is 10.6 Å². The Morgan fingerprint density at radius 3 is 2.62 bits per heavy atom. The number of hydrogen-bond acceptors (Lipinski definition) is 3. The molecule has 2 heterocycles. The van der Waals surface area contributed by atoms with E-state index in [-0.39, 0.29) is 5.56 Å². The Labute approximate surface area is 125 Å². The summed E-state index contributed by atoms with van der Waals surface area (Å²) in [5.74, 6) is 0. The molecule has 0 atom stereocenters. The van der Waals surface area contributed by atoms with Crippen LogP contribution >= 0.6 is 0 Å². The standard InChI is InChI=1S/C17H23N3O/c1-13-2-3-14-4-5-17(21)20(16(14)12-13)11-10-19-8-6-15(18)7-9-19/h2-5,12,15H,6-11,18H2,1H3. The molecule has 3 rings (SSSR count). The maximum atomic E-state index is 12.2. The normalized spacial score (nSPS) is 17.4. The number of fused-ring (bicyclic) bond motifs is 1. The third-order valence-electron chi connectivity index (χ3n) is 4.42. The average Bonchev–Trinajstić information content (AvgIpc) is 2.48. The SMILES string of the molecule is Cc1ccc2ccc(=O)n(CCN3CCC(N)CC3)c2c1. The van der Waals surface area contributed by atoms with Crippen molar-refractivity contribution in [3.05, 3.63) is 46.2 Å². The molecule has 0 spiro atoms. The van der Waals surface area contributed by atoms with Gasteiger partial charge in [0.1, 0.15) is 0 Å². The molecule has 1 aliphatic rings. The van der Waals surface area contributed by atoms with Crippen molar-refractivity contribution in [1.29, 1.82) is 0 Å². The Bertz CT molecular complexity index is 684. The van der Waals surface area contributed by atoms with Gasteiger partial charge in [0.2, 0.25) is 0 Å². The second-order valence-electron chi connectivity index (χ2n) is 6.06. The van der Waals surface area contributed by atoms with Crippen LogP contribution in [0.25, 0.3) is 10.9 Å². The van der Waals surface area contributed by atoms with Gasteiger partial charge < -0.3 is 15.2 Å². The monoisotopic (exact) mass is 285 g/mol. The van der Waals surface area contributed by atoms with Crippen molar-refractivity contribution >= 4 is 10.9 Å². The van der Waals surface area contributed by atoms with Gasteiger partial charge in [-0.3, -0.25) is 4.79 Å². The zero-order chi connectivity index (χ0) is 14.8. The lowest BCUT2D eigenvalue weighted by molar-refractivity contribution is 0.206. The molecule has 4 heteroatoms. The van der Waals surface area contributed by atoms with Crippen molar-refractivity contribution in [2.45, 2.75) is 32.4 Å². The van der Waals surface area contributed by atoms with Gasteiger partial charge in [0, 0.05) is 25.2 Å². The zero-order valence-electron chi connectivity index (χ0n) is 12.6. The first-order valence-corrected chi connectivity index (χ1v) is 7.71. The van der Waals surface area contributed by atoms with Gasteiger partial charge >= 0.3 is 0 Å². The third kappa shape index (κ3) is 3.17. The molecular formula is C17H23N3O. The largest absolute Gasteiger partial charge is 0.328 e. The molecule has 0 radical (unpaired) electrons. The summed E-state index contributed by atoms with van der Waals surface area (Å²) in [6, 6.07) is 10.2. The highest BCUT2D eigenvalue weighted by Crippen LogP contribution is 2.14. The van der Waals surface area contributed by atoms with Gasteiger partial charge in [0.15, 0.2) is 0 Å². The number of likely N-dealkylation sites (tertiary alicyclic amines) is 1. The molecule has 0 aliphatic carbocycles. The van der Waals surface area contributed by atoms with E-state index in [4.69, 9.17) is 5.73 Å². The Hall–Kier alpha value is -1.65. The first kappa shape index (κ1) is 14.3. The summed E-state index contributed by atoms with van der Waals surface area (Å²) in [4.78, 5) is 14.6. The Balaban J connectivity index is 1.81. The summed E-state index contributed by atoms with van der Waals surface area (Å²) >= 11 is 0. The first-order chi connectivity index (χ1) is 10.1. The van der Waals surface area contributed by atoms with E-state index in [0.29, 0.717) is 6.04 Å². The fourth-order valence-electron chi connectivity index (χ4n) is 3.05. The number of aromatic nitrogens is 1. The van der Waals surface area contributed by atoms with Gasteiger partial charge in [-0.15, -0.1) is 0 Å². The van der Waals surface area contributed by atoms with Crippen molar-refractivity contribution in [1.82, 2.24) is 9.47 Å².